The van der Waals surface area contributed by atoms with Gasteiger partial charge in [0.2, 0.25) is 6.41 Å². The summed E-state index contributed by atoms with van der Waals surface area (Å²) < 4.78 is 0. The van der Waals surface area contributed by atoms with Crippen LogP contribution in [-0.4, -0.2) is 26.3 Å². The highest BCUT2D eigenvalue weighted by Crippen LogP contribution is 2.12. The molecule has 1 aromatic carbocycles. The first-order valence-corrected chi connectivity index (χ1v) is 6.29. The molecule has 0 spiro atoms. The number of unbranched alkanes of at least 4 members (excludes halogenated alkanes) is 2. The number of hydrogen-bond acceptors (Lipinski definition) is 3. The lowest BCUT2D eigenvalue weighted by Gasteiger charge is -2.05. The van der Waals surface area contributed by atoms with E-state index in [9.17, 15) is 4.79 Å². The van der Waals surface area contributed by atoms with Crippen molar-refractivity contribution in [3.8, 4) is 0 Å². The van der Waals surface area contributed by atoms with E-state index in [2.05, 4.69) is 46.6 Å². The number of carbonyl (C=O) groups excluding carboxylic acids is 1. The Morgan fingerprint density at radius 1 is 1.17 bits per heavy atom. The van der Waals surface area contributed by atoms with E-state index in [-0.39, 0.29) is 0 Å². The molecule has 0 saturated heterocycles. The first-order valence-electron chi connectivity index (χ1n) is 6.29. The minimum atomic E-state index is 0.545. The number of rotatable bonds is 10. The second-order valence-electron chi connectivity index (χ2n) is 4.14. The molecule has 0 heterocycles. The molecule has 4 nitrogen and oxygen atoms in total. The van der Waals surface area contributed by atoms with Gasteiger partial charge in [-0.1, -0.05) is 18.6 Å². The topological polar surface area (TPSA) is 53.5 Å². The second-order valence-corrected chi connectivity index (χ2v) is 4.14. The van der Waals surface area contributed by atoms with Crippen molar-refractivity contribution >= 4 is 18.8 Å². The molecule has 0 aliphatic heterocycles. The molecule has 0 radical (unpaired) electrons. The molecule has 0 aromatic heterocycles. The van der Waals surface area contributed by atoms with Crippen LogP contribution in [0.25, 0.3) is 0 Å². The SMILES string of the molecule is C=NCNc1ccc(CCCCCNC=O)cc1. The highest BCUT2D eigenvalue weighted by atomic mass is 16.1. The van der Waals surface area contributed by atoms with E-state index in [1.807, 2.05) is 0 Å². The summed E-state index contributed by atoms with van der Waals surface area (Å²) in [5.74, 6) is 0. The van der Waals surface area contributed by atoms with Gasteiger partial charge in [-0.3, -0.25) is 9.79 Å². The number of amides is 1. The van der Waals surface area contributed by atoms with Gasteiger partial charge < -0.3 is 10.6 Å². The molecule has 0 fully saturated rings. The maximum atomic E-state index is 10.0. The number of nitrogens with one attached hydrogen (secondary N) is 2. The minimum Gasteiger partial charge on any atom is -0.366 e. The molecule has 1 rings (SSSR count). The Labute approximate surface area is 109 Å². The quantitative estimate of drug-likeness (QED) is 0.378. The molecular weight excluding hydrogens is 226 g/mol. The summed E-state index contributed by atoms with van der Waals surface area (Å²) in [7, 11) is 0. The van der Waals surface area contributed by atoms with Crippen molar-refractivity contribution in [3.63, 3.8) is 0 Å². The molecule has 0 atom stereocenters. The van der Waals surface area contributed by atoms with Crippen molar-refractivity contribution in [2.24, 2.45) is 4.99 Å². The van der Waals surface area contributed by atoms with E-state index in [1.54, 1.807) is 0 Å². The Bertz CT molecular complexity index is 349. The summed E-state index contributed by atoms with van der Waals surface area (Å²) in [5, 5.41) is 5.81. The molecule has 18 heavy (non-hydrogen) atoms. The molecule has 0 saturated carbocycles. The van der Waals surface area contributed by atoms with Crippen molar-refractivity contribution < 1.29 is 4.79 Å². The fourth-order valence-corrected chi connectivity index (χ4v) is 1.73. The lowest BCUT2D eigenvalue weighted by atomic mass is 10.1. The van der Waals surface area contributed by atoms with E-state index in [0.717, 1.165) is 44.3 Å². The average molecular weight is 247 g/mol. The largest absolute Gasteiger partial charge is 0.366 e. The van der Waals surface area contributed by atoms with Crippen LogP contribution in [-0.2, 0) is 11.2 Å². The number of aryl methyl sites for hydroxylation is 1. The Hall–Kier alpha value is -1.84. The number of carbonyl (C=O) groups is 1. The van der Waals surface area contributed by atoms with E-state index in [4.69, 9.17) is 0 Å². The van der Waals surface area contributed by atoms with E-state index in [0.29, 0.717) is 6.67 Å². The van der Waals surface area contributed by atoms with Crippen LogP contribution in [0.15, 0.2) is 29.3 Å². The molecule has 4 heteroatoms. The predicted molar refractivity (Wildman–Crippen MR) is 76.1 cm³/mol. The number of aliphatic imine (C=N–C) groups is 1. The zero-order chi connectivity index (χ0) is 13.1. The zero-order valence-electron chi connectivity index (χ0n) is 10.7. The van der Waals surface area contributed by atoms with Crippen LogP contribution in [0.3, 0.4) is 0 Å². The van der Waals surface area contributed by atoms with Gasteiger partial charge in [0.1, 0.15) is 6.67 Å². The minimum absolute atomic E-state index is 0.545. The third kappa shape index (κ3) is 6.03. The highest BCUT2D eigenvalue weighted by Gasteiger charge is 1.95. The maximum absolute atomic E-state index is 10.0. The van der Waals surface area contributed by atoms with Crippen molar-refractivity contribution in [2.45, 2.75) is 25.7 Å². The van der Waals surface area contributed by atoms with Crippen molar-refractivity contribution in [2.75, 3.05) is 18.5 Å². The molecular formula is C14H21N3O. The standard InChI is InChI=1S/C14H21N3O/c1-15-11-17-14-8-6-13(7-9-14)5-3-2-4-10-16-12-18/h6-9,12,17H,1-5,10-11H2,(H,16,18). The van der Waals surface area contributed by atoms with Gasteiger partial charge in [0.15, 0.2) is 0 Å². The zero-order valence-corrected chi connectivity index (χ0v) is 10.7. The molecule has 1 amide bonds. The Morgan fingerprint density at radius 3 is 2.61 bits per heavy atom. The van der Waals surface area contributed by atoms with Crippen LogP contribution >= 0.6 is 0 Å². The predicted octanol–water partition coefficient (Wildman–Crippen LogP) is 2.22. The van der Waals surface area contributed by atoms with Gasteiger partial charge in [0.25, 0.3) is 0 Å². The van der Waals surface area contributed by atoms with Crippen molar-refractivity contribution in [1.82, 2.24) is 5.32 Å². The highest BCUT2D eigenvalue weighted by molar-refractivity contribution is 5.45. The third-order valence-corrected chi connectivity index (χ3v) is 2.72. The number of hydrogen-bond donors (Lipinski definition) is 2. The first-order chi connectivity index (χ1) is 8.86. The number of nitrogens with zero attached hydrogens (tertiary/aromatic N) is 1. The Balaban J connectivity index is 2.18. The third-order valence-electron chi connectivity index (χ3n) is 2.72. The van der Waals surface area contributed by atoms with Crippen LogP contribution in [0, 0.1) is 0 Å². The van der Waals surface area contributed by atoms with Crippen LogP contribution in [0.1, 0.15) is 24.8 Å². The van der Waals surface area contributed by atoms with Crippen LogP contribution in [0.2, 0.25) is 0 Å². The molecule has 98 valence electrons. The smallest absolute Gasteiger partial charge is 0.207 e. The summed E-state index contributed by atoms with van der Waals surface area (Å²) in [6, 6.07) is 8.40. The van der Waals surface area contributed by atoms with E-state index < -0.39 is 0 Å². The summed E-state index contributed by atoms with van der Waals surface area (Å²) in [5.41, 5.74) is 2.41. The van der Waals surface area contributed by atoms with Crippen LogP contribution in [0.4, 0.5) is 5.69 Å². The molecule has 0 bridgehead atoms. The summed E-state index contributed by atoms with van der Waals surface area (Å²) >= 11 is 0. The number of anilines is 1. The van der Waals surface area contributed by atoms with Gasteiger partial charge in [-0.15, -0.1) is 0 Å². The Kier molecular flexibility index (Phi) is 7.28. The number of benzene rings is 1. The van der Waals surface area contributed by atoms with Gasteiger partial charge in [0.05, 0.1) is 0 Å². The average Bonchev–Trinajstić information content (AvgIpc) is 2.42. The van der Waals surface area contributed by atoms with Gasteiger partial charge in [-0.2, -0.15) is 0 Å². The monoisotopic (exact) mass is 247 g/mol. The lowest BCUT2D eigenvalue weighted by molar-refractivity contribution is -0.109. The van der Waals surface area contributed by atoms with Crippen LogP contribution < -0.4 is 10.6 Å². The Morgan fingerprint density at radius 2 is 1.94 bits per heavy atom. The fraction of sp³-hybridized carbons (Fsp3) is 0.429. The van der Waals surface area contributed by atoms with Gasteiger partial charge in [0, 0.05) is 12.2 Å². The molecule has 2 N–H and O–H groups in total. The van der Waals surface area contributed by atoms with Gasteiger partial charge >= 0.3 is 0 Å². The summed E-state index contributed by atoms with van der Waals surface area (Å²) in [4.78, 5) is 13.8. The van der Waals surface area contributed by atoms with E-state index >= 15 is 0 Å². The maximum Gasteiger partial charge on any atom is 0.207 e. The van der Waals surface area contributed by atoms with Gasteiger partial charge in [-0.05, 0) is 43.7 Å². The van der Waals surface area contributed by atoms with Gasteiger partial charge in [-0.25, -0.2) is 0 Å². The molecule has 0 aliphatic rings. The van der Waals surface area contributed by atoms with Crippen molar-refractivity contribution in [1.29, 1.82) is 0 Å². The summed E-state index contributed by atoms with van der Waals surface area (Å²) in [6.07, 6.45) is 5.18. The molecule has 1 aromatic rings. The molecule has 0 unspecified atom stereocenters. The second kappa shape index (κ2) is 9.22. The lowest BCUT2D eigenvalue weighted by Crippen LogP contribution is -2.11. The van der Waals surface area contributed by atoms with Crippen LogP contribution in [0.5, 0.6) is 0 Å². The van der Waals surface area contributed by atoms with Crippen molar-refractivity contribution in [3.05, 3.63) is 29.8 Å². The normalized spacial score (nSPS) is 9.78. The molecule has 0 aliphatic carbocycles. The van der Waals surface area contributed by atoms with E-state index in [1.165, 1.54) is 5.56 Å². The fourth-order valence-electron chi connectivity index (χ4n) is 1.73. The summed E-state index contributed by atoms with van der Waals surface area (Å²) in [6.45, 7) is 4.75. The first kappa shape index (κ1) is 14.2.